The van der Waals surface area contributed by atoms with Crippen LogP contribution in [0.15, 0.2) is 24.3 Å². The van der Waals surface area contributed by atoms with Gasteiger partial charge in [0.05, 0.1) is 5.52 Å². The highest BCUT2D eigenvalue weighted by molar-refractivity contribution is 5.90. The summed E-state index contributed by atoms with van der Waals surface area (Å²) in [5.41, 5.74) is 1.05. The molecule has 1 aliphatic heterocycles. The van der Waals surface area contributed by atoms with Crippen molar-refractivity contribution in [3.8, 4) is 0 Å². The molecule has 1 saturated heterocycles. The molecule has 122 valence electrons. The van der Waals surface area contributed by atoms with Gasteiger partial charge in [0.2, 0.25) is 5.95 Å². The van der Waals surface area contributed by atoms with E-state index < -0.39 is 0 Å². The second-order valence-electron chi connectivity index (χ2n) is 7.18. The number of hydrogen-bond donors (Lipinski definition) is 1. The van der Waals surface area contributed by atoms with Crippen molar-refractivity contribution in [2.45, 2.75) is 51.5 Å². The molecule has 1 saturated carbocycles. The van der Waals surface area contributed by atoms with Crippen LogP contribution in [0.1, 0.15) is 45.4 Å². The molecular weight excluding hydrogens is 284 g/mol. The Morgan fingerprint density at radius 2 is 1.74 bits per heavy atom. The predicted molar refractivity (Wildman–Crippen MR) is 96.0 cm³/mol. The smallest absolute Gasteiger partial charge is 0.227 e. The zero-order chi connectivity index (χ0) is 15.6. The molecule has 0 atom stereocenters. The number of anilines is 2. The van der Waals surface area contributed by atoms with Crippen LogP contribution in [0.25, 0.3) is 10.9 Å². The quantitative estimate of drug-likeness (QED) is 0.921. The van der Waals surface area contributed by atoms with Crippen LogP contribution in [0, 0.1) is 5.92 Å². The molecule has 2 fully saturated rings. The normalized spacial score (nSPS) is 20.3. The lowest BCUT2D eigenvalue weighted by Crippen LogP contribution is -2.34. The first kappa shape index (κ1) is 14.7. The van der Waals surface area contributed by atoms with Crippen molar-refractivity contribution in [1.82, 2.24) is 9.97 Å². The minimum absolute atomic E-state index is 0.572. The number of hydrogen-bond acceptors (Lipinski definition) is 4. The molecule has 2 aliphatic rings. The minimum atomic E-state index is 0.572. The van der Waals surface area contributed by atoms with Gasteiger partial charge < -0.3 is 10.2 Å². The van der Waals surface area contributed by atoms with Crippen LogP contribution < -0.4 is 10.2 Å². The van der Waals surface area contributed by atoms with Gasteiger partial charge in [0, 0.05) is 24.5 Å². The van der Waals surface area contributed by atoms with Crippen molar-refractivity contribution in [2.75, 3.05) is 23.3 Å². The number of fused-ring (bicyclic) bond motifs is 1. The molecule has 0 spiro atoms. The lowest BCUT2D eigenvalue weighted by Gasteiger charge is -2.30. The highest BCUT2D eigenvalue weighted by atomic mass is 15.3. The molecule has 0 bridgehead atoms. The molecule has 0 unspecified atom stereocenters. The van der Waals surface area contributed by atoms with Crippen molar-refractivity contribution in [3.63, 3.8) is 0 Å². The minimum Gasteiger partial charge on any atom is -0.367 e. The summed E-state index contributed by atoms with van der Waals surface area (Å²) in [7, 11) is 0. The largest absolute Gasteiger partial charge is 0.367 e. The van der Waals surface area contributed by atoms with Crippen molar-refractivity contribution in [2.24, 2.45) is 5.92 Å². The summed E-state index contributed by atoms with van der Waals surface area (Å²) in [6, 6.07) is 8.95. The Hall–Kier alpha value is -1.84. The Morgan fingerprint density at radius 3 is 2.52 bits per heavy atom. The number of piperidine rings is 1. The van der Waals surface area contributed by atoms with Gasteiger partial charge in [-0.25, -0.2) is 4.98 Å². The number of nitrogens with one attached hydrogen (secondary N) is 1. The Balaban J connectivity index is 1.68. The number of rotatable bonds is 3. The summed E-state index contributed by atoms with van der Waals surface area (Å²) in [5.74, 6) is 2.75. The zero-order valence-electron chi connectivity index (χ0n) is 14.0. The van der Waals surface area contributed by atoms with Gasteiger partial charge in [-0.05, 0) is 43.7 Å². The number of para-hydroxylation sites is 1. The van der Waals surface area contributed by atoms with Crippen LogP contribution >= 0.6 is 0 Å². The fourth-order valence-electron chi connectivity index (χ4n) is 3.79. The molecular formula is C19H26N4. The highest BCUT2D eigenvalue weighted by Crippen LogP contribution is 2.29. The summed E-state index contributed by atoms with van der Waals surface area (Å²) >= 11 is 0. The Morgan fingerprint density at radius 1 is 1.00 bits per heavy atom. The third-order valence-electron chi connectivity index (χ3n) is 5.35. The van der Waals surface area contributed by atoms with E-state index in [0.717, 1.165) is 41.7 Å². The Labute approximate surface area is 138 Å². The highest BCUT2D eigenvalue weighted by Gasteiger charge is 2.21. The van der Waals surface area contributed by atoms with E-state index in [4.69, 9.17) is 9.97 Å². The molecule has 1 aromatic heterocycles. The maximum absolute atomic E-state index is 4.92. The third kappa shape index (κ3) is 3.12. The van der Waals surface area contributed by atoms with E-state index in [0.29, 0.717) is 6.04 Å². The summed E-state index contributed by atoms with van der Waals surface area (Å²) in [6.07, 6.45) is 7.65. The van der Waals surface area contributed by atoms with Crippen LogP contribution in [0.5, 0.6) is 0 Å². The van der Waals surface area contributed by atoms with Crippen LogP contribution in [-0.4, -0.2) is 29.1 Å². The maximum Gasteiger partial charge on any atom is 0.227 e. The third-order valence-corrected chi connectivity index (χ3v) is 5.35. The van der Waals surface area contributed by atoms with Crippen LogP contribution in [0.2, 0.25) is 0 Å². The first-order chi connectivity index (χ1) is 11.3. The van der Waals surface area contributed by atoms with E-state index in [2.05, 4.69) is 41.4 Å². The summed E-state index contributed by atoms with van der Waals surface area (Å²) < 4.78 is 0. The van der Waals surface area contributed by atoms with Gasteiger partial charge in [-0.15, -0.1) is 0 Å². The molecule has 0 radical (unpaired) electrons. The first-order valence-electron chi connectivity index (χ1n) is 9.08. The van der Waals surface area contributed by atoms with E-state index >= 15 is 0 Å². The topological polar surface area (TPSA) is 41.1 Å². The average molecular weight is 310 g/mol. The summed E-state index contributed by atoms with van der Waals surface area (Å²) in [6.45, 7) is 4.48. The monoisotopic (exact) mass is 310 g/mol. The maximum atomic E-state index is 4.92. The van der Waals surface area contributed by atoms with Gasteiger partial charge in [-0.3, -0.25) is 0 Å². The van der Waals surface area contributed by atoms with Crippen molar-refractivity contribution >= 4 is 22.7 Å². The predicted octanol–water partition coefficient (Wildman–Crippen LogP) is 4.22. The second-order valence-corrected chi connectivity index (χ2v) is 7.18. The van der Waals surface area contributed by atoms with Gasteiger partial charge in [-0.1, -0.05) is 31.9 Å². The van der Waals surface area contributed by atoms with E-state index in [-0.39, 0.29) is 0 Å². The molecule has 4 heteroatoms. The molecule has 1 aliphatic carbocycles. The molecule has 1 aromatic carbocycles. The lowest BCUT2D eigenvalue weighted by atomic mass is 10.00. The fraction of sp³-hybridized carbons (Fsp3) is 0.579. The summed E-state index contributed by atoms with van der Waals surface area (Å²) in [4.78, 5) is 12.1. The molecule has 4 rings (SSSR count). The van der Waals surface area contributed by atoms with E-state index in [1.807, 2.05) is 0 Å². The van der Waals surface area contributed by atoms with Gasteiger partial charge >= 0.3 is 0 Å². The van der Waals surface area contributed by atoms with E-state index in [9.17, 15) is 0 Å². The average Bonchev–Trinajstić information content (AvgIpc) is 3.08. The van der Waals surface area contributed by atoms with Crippen molar-refractivity contribution in [3.05, 3.63) is 24.3 Å². The van der Waals surface area contributed by atoms with Gasteiger partial charge in [-0.2, -0.15) is 4.98 Å². The number of aromatic nitrogens is 2. The molecule has 0 amide bonds. The van der Waals surface area contributed by atoms with Gasteiger partial charge in [0.1, 0.15) is 5.82 Å². The van der Waals surface area contributed by atoms with Crippen molar-refractivity contribution in [1.29, 1.82) is 0 Å². The molecule has 2 heterocycles. The van der Waals surface area contributed by atoms with E-state index in [1.165, 1.54) is 38.5 Å². The van der Waals surface area contributed by atoms with E-state index in [1.54, 1.807) is 0 Å². The lowest BCUT2D eigenvalue weighted by molar-refractivity contribution is 0.435. The Kier molecular flexibility index (Phi) is 4.06. The van der Waals surface area contributed by atoms with Crippen LogP contribution in [0.4, 0.5) is 11.8 Å². The molecule has 4 nitrogen and oxygen atoms in total. The fourth-order valence-corrected chi connectivity index (χ4v) is 3.79. The molecule has 2 aromatic rings. The van der Waals surface area contributed by atoms with Gasteiger partial charge in [0.25, 0.3) is 0 Å². The van der Waals surface area contributed by atoms with Crippen LogP contribution in [0.3, 0.4) is 0 Å². The second kappa shape index (κ2) is 6.34. The van der Waals surface area contributed by atoms with Crippen LogP contribution in [-0.2, 0) is 0 Å². The number of nitrogens with zero attached hydrogens (tertiary/aromatic N) is 3. The SMILES string of the molecule is CC1CCN(c2nc(NC3CCCC3)c3ccccc3n2)CC1. The number of benzene rings is 1. The molecule has 23 heavy (non-hydrogen) atoms. The van der Waals surface area contributed by atoms with Crippen molar-refractivity contribution < 1.29 is 0 Å². The van der Waals surface area contributed by atoms with Gasteiger partial charge in [0.15, 0.2) is 0 Å². The summed E-state index contributed by atoms with van der Waals surface area (Å²) in [5, 5.41) is 4.84. The first-order valence-corrected chi connectivity index (χ1v) is 9.08. The zero-order valence-corrected chi connectivity index (χ0v) is 14.0. The molecule has 1 N–H and O–H groups in total. The Bertz CT molecular complexity index is 670. The standard InChI is InChI=1S/C19H26N4/c1-14-10-12-23(13-11-14)19-21-17-9-5-4-8-16(17)18(22-19)20-15-6-2-3-7-15/h4-5,8-9,14-15H,2-3,6-7,10-13H2,1H3,(H,20,21,22).